The van der Waals surface area contributed by atoms with Crippen LogP contribution in [0.25, 0.3) is 0 Å². The van der Waals surface area contributed by atoms with Gasteiger partial charge in [-0.3, -0.25) is 14.0 Å². The van der Waals surface area contributed by atoms with Crippen LogP contribution in [-0.4, -0.2) is 25.6 Å². The van der Waals surface area contributed by atoms with E-state index in [0.29, 0.717) is 0 Å². The highest BCUT2D eigenvalue weighted by Crippen LogP contribution is 2.19. The minimum absolute atomic E-state index is 0.458. The second kappa shape index (κ2) is 4.54. The van der Waals surface area contributed by atoms with Gasteiger partial charge in [0.15, 0.2) is 6.10 Å². The van der Waals surface area contributed by atoms with Crippen LogP contribution in [0.4, 0.5) is 4.39 Å². The minimum Gasteiger partial charge on any atom is -0.367 e. The summed E-state index contributed by atoms with van der Waals surface area (Å²) in [6.07, 6.45) is 0.167. The fourth-order valence-corrected chi connectivity index (χ4v) is 1.53. The van der Waals surface area contributed by atoms with Crippen molar-refractivity contribution < 1.29 is 21.8 Å². The van der Waals surface area contributed by atoms with E-state index in [1.54, 1.807) is 0 Å². The quantitative estimate of drug-likeness (QED) is 0.739. The number of amides is 1. The lowest BCUT2D eigenvalue weighted by atomic mass is 10.2. The Morgan fingerprint density at radius 2 is 2.25 bits per heavy atom. The van der Waals surface area contributed by atoms with Crippen LogP contribution in [0.5, 0.6) is 0 Å². The maximum atomic E-state index is 13.2. The zero-order valence-corrected chi connectivity index (χ0v) is 9.07. The first-order chi connectivity index (χ1) is 7.31. The number of carbonyl (C=O) groups excluding carboxylic acids is 1. The third-order valence-corrected chi connectivity index (χ3v) is 2.11. The molecule has 1 unspecified atom stereocenters. The Labute approximate surface area is 91.4 Å². The van der Waals surface area contributed by atoms with Crippen molar-refractivity contribution in [1.82, 2.24) is 4.98 Å². The molecule has 88 valence electrons. The van der Waals surface area contributed by atoms with Gasteiger partial charge in [-0.1, -0.05) is 0 Å². The van der Waals surface area contributed by atoms with Crippen LogP contribution in [0.2, 0.25) is 0 Å². The van der Waals surface area contributed by atoms with Gasteiger partial charge in [-0.05, 0) is 12.1 Å². The molecule has 0 saturated carbocycles. The molecule has 1 aromatic heterocycles. The number of hydrogen-bond acceptors (Lipinski definition) is 5. The fraction of sp³-hybridized carbons (Fsp3) is 0.250. The number of nitrogens with zero attached hydrogens (tertiary/aromatic N) is 1. The minimum atomic E-state index is -3.94. The van der Waals surface area contributed by atoms with E-state index in [-0.39, 0.29) is 0 Å². The van der Waals surface area contributed by atoms with E-state index >= 15 is 0 Å². The lowest BCUT2D eigenvalue weighted by molar-refractivity contribution is -0.125. The molecular weight excluding hydrogens is 239 g/mol. The van der Waals surface area contributed by atoms with Gasteiger partial charge in [-0.2, -0.15) is 8.42 Å². The topological polar surface area (TPSA) is 99.4 Å². The van der Waals surface area contributed by atoms with Crippen molar-refractivity contribution in [3.8, 4) is 0 Å². The first kappa shape index (κ1) is 12.5. The summed E-state index contributed by atoms with van der Waals surface area (Å²) in [6.45, 7) is 0. The predicted molar refractivity (Wildman–Crippen MR) is 52.1 cm³/mol. The molecule has 16 heavy (non-hydrogen) atoms. The van der Waals surface area contributed by atoms with E-state index in [9.17, 15) is 17.6 Å². The molecule has 0 fully saturated rings. The van der Waals surface area contributed by atoms with Gasteiger partial charge >= 0.3 is 0 Å². The van der Waals surface area contributed by atoms with E-state index < -0.39 is 33.6 Å². The zero-order valence-electron chi connectivity index (χ0n) is 8.25. The molecule has 1 atom stereocenters. The maximum absolute atomic E-state index is 13.2. The van der Waals surface area contributed by atoms with Crippen LogP contribution >= 0.6 is 0 Å². The summed E-state index contributed by atoms with van der Waals surface area (Å²) in [5.74, 6) is -2.00. The van der Waals surface area contributed by atoms with Crippen LogP contribution in [0, 0.1) is 5.82 Å². The van der Waals surface area contributed by atoms with E-state index in [1.807, 2.05) is 0 Å². The zero-order chi connectivity index (χ0) is 12.3. The van der Waals surface area contributed by atoms with Crippen LogP contribution in [0.3, 0.4) is 0 Å². The lowest BCUT2D eigenvalue weighted by Crippen LogP contribution is -2.27. The molecule has 0 spiro atoms. The molecule has 1 heterocycles. The number of aromatic nitrogens is 1. The number of hydrogen-bond donors (Lipinski definition) is 1. The Hall–Kier alpha value is -1.54. The van der Waals surface area contributed by atoms with Crippen molar-refractivity contribution in [2.45, 2.75) is 6.10 Å². The normalized spacial score (nSPS) is 13.4. The number of primary amides is 1. The Kier molecular flexibility index (Phi) is 3.55. The molecule has 1 rings (SSSR count). The van der Waals surface area contributed by atoms with Crippen molar-refractivity contribution in [1.29, 1.82) is 0 Å². The van der Waals surface area contributed by atoms with Gasteiger partial charge in [0.2, 0.25) is 0 Å². The molecule has 0 aromatic carbocycles. The van der Waals surface area contributed by atoms with Crippen molar-refractivity contribution in [2.24, 2.45) is 5.73 Å². The van der Waals surface area contributed by atoms with E-state index in [4.69, 9.17) is 5.73 Å². The average Bonchev–Trinajstić information content (AvgIpc) is 2.13. The van der Waals surface area contributed by atoms with Crippen molar-refractivity contribution in [3.63, 3.8) is 0 Å². The third kappa shape index (κ3) is 3.24. The third-order valence-electron chi connectivity index (χ3n) is 1.56. The smallest absolute Gasteiger partial charge is 0.265 e. The summed E-state index contributed by atoms with van der Waals surface area (Å²) < 4.78 is 39.3. The summed E-state index contributed by atoms with van der Waals surface area (Å²) in [5, 5.41) is 0. The molecule has 8 heteroatoms. The van der Waals surface area contributed by atoms with Crippen LogP contribution in [-0.2, 0) is 19.1 Å². The summed E-state index contributed by atoms with van der Waals surface area (Å²) in [6, 6.07) is 2.31. The number of pyridine rings is 1. The molecule has 0 saturated heterocycles. The van der Waals surface area contributed by atoms with Gasteiger partial charge in [0.1, 0.15) is 11.5 Å². The summed E-state index contributed by atoms with van der Waals surface area (Å²) in [7, 11) is -3.94. The molecule has 1 amide bonds. The molecule has 6 nitrogen and oxygen atoms in total. The second-order valence-electron chi connectivity index (χ2n) is 2.95. The molecule has 1 aromatic rings. The number of nitrogens with two attached hydrogens (primary N) is 1. The Balaban J connectivity index is 3.14. The number of carbonyl (C=O) groups is 1. The summed E-state index contributed by atoms with van der Waals surface area (Å²) in [5.41, 5.74) is 4.45. The average molecular weight is 248 g/mol. The Morgan fingerprint density at radius 1 is 1.62 bits per heavy atom. The molecule has 2 N–H and O–H groups in total. The highest BCUT2D eigenvalue weighted by molar-refractivity contribution is 7.86. The van der Waals surface area contributed by atoms with Crippen molar-refractivity contribution >= 4 is 16.0 Å². The molecule has 0 radical (unpaired) electrons. The number of rotatable bonds is 4. The molecule has 0 aliphatic carbocycles. The van der Waals surface area contributed by atoms with E-state index in [1.165, 1.54) is 12.3 Å². The van der Waals surface area contributed by atoms with Crippen molar-refractivity contribution in [3.05, 3.63) is 29.8 Å². The van der Waals surface area contributed by atoms with E-state index in [0.717, 1.165) is 12.3 Å². The molecule has 0 aliphatic heterocycles. The monoisotopic (exact) mass is 248 g/mol. The van der Waals surface area contributed by atoms with E-state index in [2.05, 4.69) is 9.17 Å². The highest BCUT2D eigenvalue weighted by atomic mass is 32.2. The lowest BCUT2D eigenvalue weighted by Gasteiger charge is -2.12. The molecular formula is C8H9FN2O4S. The Bertz CT molecular complexity index is 503. The standard InChI is InChI=1S/C8H9FN2O4S/c1-16(13,14)15-7(8(10)12)6-5(9)3-2-4-11-6/h2-4,7H,1H3,(H2,10,12). The Morgan fingerprint density at radius 3 is 2.69 bits per heavy atom. The summed E-state index contributed by atoms with van der Waals surface area (Å²) in [4.78, 5) is 14.5. The molecule has 0 aliphatic rings. The first-order valence-electron chi connectivity index (χ1n) is 4.09. The van der Waals surface area contributed by atoms with Crippen LogP contribution in [0.1, 0.15) is 11.8 Å². The summed E-state index contributed by atoms with van der Waals surface area (Å²) >= 11 is 0. The van der Waals surface area contributed by atoms with Crippen molar-refractivity contribution in [2.75, 3.05) is 6.26 Å². The van der Waals surface area contributed by atoms with Gasteiger partial charge in [0, 0.05) is 6.20 Å². The fourth-order valence-electron chi connectivity index (χ4n) is 0.993. The SMILES string of the molecule is CS(=O)(=O)OC(C(N)=O)c1ncccc1F. The number of halogens is 1. The van der Waals surface area contributed by atoms with Gasteiger partial charge in [-0.15, -0.1) is 0 Å². The molecule has 0 bridgehead atoms. The second-order valence-corrected chi connectivity index (χ2v) is 4.55. The van der Waals surface area contributed by atoms with Gasteiger partial charge in [0.05, 0.1) is 6.26 Å². The predicted octanol–water partition coefficient (Wildman–Crippen LogP) is -0.277. The van der Waals surface area contributed by atoms with Gasteiger partial charge in [-0.25, -0.2) is 4.39 Å². The van der Waals surface area contributed by atoms with Gasteiger partial charge in [0.25, 0.3) is 16.0 Å². The largest absolute Gasteiger partial charge is 0.367 e. The first-order valence-corrected chi connectivity index (χ1v) is 5.91. The van der Waals surface area contributed by atoms with Crippen LogP contribution < -0.4 is 5.73 Å². The van der Waals surface area contributed by atoms with Crippen LogP contribution in [0.15, 0.2) is 18.3 Å². The highest BCUT2D eigenvalue weighted by Gasteiger charge is 2.27. The maximum Gasteiger partial charge on any atom is 0.265 e. The van der Waals surface area contributed by atoms with Gasteiger partial charge < -0.3 is 5.73 Å².